The Labute approximate surface area is 131 Å². The molecule has 3 rings (SSSR count). The molecule has 2 aromatic rings. The summed E-state index contributed by atoms with van der Waals surface area (Å²) in [7, 11) is 0. The van der Waals surface area contributed by atoms with Gasteiger partial charge in [0.1, 0.15) is 31.1 Å². The molecular formula is C18H23N2O2+. The highest BCUT2D eigenvalue weighted by Gasteiger charge is 2.32. The van der Waals surface area contributed by atoms with Crippen LogP contribution in [0.5, 0.6) is 0 Å². The zero-order chi connectivity index (χ0) is 15.4. The van der Waals surface area contributed by atoms with Crippen LogP contribution in [0.4, 0.5) is 0 Å². The number of rotatable bonds is 4. The zero-order valence-corrected chi connectivity index (χ0v) is 13.0. The molecule has 4 nitrogen and oxygen atoms in total. The largest absolute Gasteiger partial charge is 0.458 e. The summed E-state index contributed by atoms with van der Waals surface area (Å²) in [4.78, 5) is 11.3. The third-order valence-corrected chi connectivity index (χ3v) is 4.29. The van der Waals surface area contributed by atoms with Gasteiger partial charge in [-0.2, -0.15) is 0 Å². The molecular weight excluding hydrogens is 276 g/mol. The minimum atomic E-state index is -0.179. The lowest BCUT2D eigenvalue weighted by Crippen LogP contribution is -2.34. The number of carbonyl (C=O) groups excluding carboxylic acids is 1. The van der Waals surface area contributed by atoms with Crippen LogP contribution < -0.4 is 4.57 Å². The first-order chi connectivity index (χ1) is 10.7. The highest BCUT2D eigenvalue weighted by atomic mass is 16.5. The molecule has 0 bridgehead atoms. The summed E-state index contributed by atoms with van der Waals surface area (Å²) in [6, 6.07) is 10.7. The van der Waals surface area contributed by atoms with E-state index < -0.39 is 0 Å². The predicted molar refractivity (Wildman–Crippen MR) is 83.2 cm³/mol. The van der Waals surface area contributed by atoms with E-state index in [4.69, 9.17) is 4.74 Å². The molecule has 1 aliphatic carbocycles. The Morgan fingerprint density at radius 1 is 1.27 bits per heavy atom. The van der Waals surface area contributed by atoms with Crippen molar-refractivity contribution in [2.24, 2.45) is 0 Å². The first-order valence-electron chi connectivity index (χ1n) is 8.00. The van der Waals surface area contributed by atoms with Gasteiger partial charge in [0.25, 0.3) is 0 Å². The Kier molecular flexibility index (Phi) is 4.56. The van der Waals surface area contributed by atoms with E-state index in [1.165, 1.54) is 18.9 Å². The summed E-state index contributed by atoms with van der Waals surface area (Å²) < 4.78 is 9.90. The number of hydrogen-bond donors (Lipinski definition) is 0. The molecule has 0 amide bonds. The second-order valence-corrected chi connectivity index (χ2v) is 6.02. The average Bonchev–Trinajstić information content (AvgIpc) is 2.96. The van der Waals surface area contributed by atoms with E-state index in [1.54, 1.807) is 0 Å². The highest BCUT2D eigenvalue weighted by molar-refractivity contribution is 5.66. The third kappa shape index (κ3) is 3.56. The van der Waals surface area contributed by atoms with Gasteiger partial charge in [-0.3, -0.25) is 4.79 Å². The number of carbonyl (C=O) groups is 1. The third-order valence-electron chi connectivity index (χ3n) is 4.29. The zero-order valence-electron chi connectivity index (χ0n) is 13.0. The predicted octanol–water partition coefficient (Wildman–Crippen LogP) is 2.87. The number of hydrogen-bond acceptors (Lipinski definition) is 2. The number of ether oxygens (including phenoxy) is 1. The lowest BCUT2D eigenvalue weighted by Gasteiger charge is -2.28. The molecule has 1 heterocycles. The molecule has 22 heavy (non-hydrogen) atoms. The Morgan fingerprint density at radius 2 is 2.05 bits per heavy atom. The number of aromatic nitrogens is 2. The molecule has 0 radical (unpaired) electrons. The van der Waals surface area contributed by atoms with Crippen molar-refractivity contribution in [1.82, 2.24) is 4.57 Å². The van der Waals surface area contributed by atoms with Crippen LogP contribution in [0.1, 0.15) is 44.2 Å². The van der Waals surface area contributed by atoms with Crippen molar-refractivity contribution in [3.63, 3.8) is 0 Å². The van der Waals surface area contributed by atoms with E-state index in [0.29, 0.717) is 0 Å². The summed E-state index contributed by atoms with van der Waals surface area (Å²) in [5.41, 5.74) is 1.28. The number of benzene rings is 1. The van der Waals surface area contributed by atoms with Gasteiger partial charge in [-0.25, -0.2) is 9.13 Å². The SMILES string of the molecule is CC(=O)O[C@@H]1CCCC[C@H]1n1cc[n+](Cc2ccccc2)c1. The maximum Gasteiger partial charge on any atom is 0.303 e. The number of imidazole rings is 1. The molecule has 0 N–H and O–H groups in total. The van der Waals surface area contributed by atoms with Gasteiger partial charge in [-0.05, 0) is 31.2 Å². The van der Waals surface area contributed by atoms with Crippen molar-refractivity contribution < 1.29 is 14.1 Å². The molecule has 1 aromatic heterocycles. The second kappa shape index (κ2) is 6.77. The smallest absolute Gasteiger partial charge is 0.303 e. The first-order valence-corrected chi connectivity index (χ1v) is 8.00. The molecule has 0 aliphatic heterocycles. The lowest BCUT2D eigenvalue weighted by atomic mass is 9.92. The van der Waals surface area contributed by atoms with E-state index in [0.717, 1.165) is 25.8 Å². The van der Waals surface area contributed by atoms with Gasteiger partial charge >= 0.3 is 5.97 Å². The maximum atomic E-state index is 11.3. The Hall–Kier alpha value is -2.10. The van der Waals surface area contributed by atoms with Crippen LogP contribution in [0.15, 0.2) is 49.1 Å². The molecule has 1 aliphatic rings. The summed E-state index contributed by atoms with van der Waals surface area (Å²) >= 11 is 0. The second-order valence-electron chi connectivity index (χ2n) is 6.02. The monoisotopic (exact) mass is 299 g/mol. The molecule has 4 heteroatoms. The highest BCUT2D eigenvalue weighted by Crippen LogP contribution is 2.30. The van der Waals surface area contributed by atoms with Gasteiger partial charge in [-0.15, -0.1) is 0 Å². The van der Waals surface area contributed by atoms with Crippen molar-refractivity contribution in [1.29, 1.82) is 0 Å². The fourth-order valence-corrected chi connectivity index (χ4v) is 3.26. The van der Waals surface area contributed by atoms with E-state index in [1.807, 2.05) is 6.07 Å². The summed E-state index contributed by atoms with van der Waals surface area (Å²) in [5.74, 6) is -0.179. The van der Waals surface area contributed by atoms with Crippen LogP contribution in [-0.4, -0.2) is 16.6 Å². The van der Waals surface area contributed by atoms with Gasteiger partial charge in [0.15, 0.2) is 0 Å². The van der Waals surface area contributed by atoms with Crippen LogP contribution in [0.3, 0.4) is 0 Å². The molecule has 0 saturated heterocycles. The van der Waals surface area contributed by atoms with Crippen molar-refractivity contribution in [2.45, 2.75) is 51.3 Å². The van der Waals surface area contributed by atoms with E-state index in [-0.39, 0.29) is 18.1 Å². The van der Waals surface area contributed by atoms with Crippen LogP contribution in [0.25, 0.3) is 0 Å². The normalized spacial score (nSPS) is 21.5. The van der Waals surface area contributed by atoms with Crippen molar-refractivity contribution in [3.8, 4) is 0 Å². The Morgan fingerprint density at radius 3 is 2.82 bits per heavy atom. The van der Waals surface area contributed by atoms with Crippen LogP contribution in [-0.2, 0) is 16.1 Å². The van der Waals surface area contributed by atoms with Crippen LogP contribution in [0, 0.1) is 0 Å². The quantitative estimate of drug-likeness (QED) is 0.643. The van der Waals surface area contributed by atoms with Gasteiger partial charge in [-0.1, -0.05) is 30.3 Å². The molecule has 0 unspecified atom stereocenters. The Bertz CT molecular complexity index is 621. The standard InChI is InChI=1S/C18H23N2O2/c1-15(21)22-18-10-6-5-9-17(18)20-12-11-19(14-20)13-16-7-3-2-4-8-16/h2-4,7-8,11-12,14,17-18H,5-6,9-10,13H2,1H3/q+1/t17-,18-/m1/s1. The summed E-state index contributed by atoms with van der Waals surface area (Å²) in [6.45, 7) is 2.36. The minimum absolute atomic E-state index is 0.00354. The summed E-state index contributed by atoms with van der Waals surface area (Å²) in [5, 5.41) is 0. The van der Waals surface area contributed by atoms with Crippen molar-refractivity contribution in [2.75, 3.05) is 0 Å². The van der Waals surface area contributed by atoms with Crippen LogP contribution >= 0.6 is 0 Å². The molecule has 116 valence electrons. The topological polar surface area (TPSA) is 35.1 Å². The number of esters is 1. The molecule has 1 saturated carbocycles. The van der Waals surface area contributed by atoms with Gasteiger partial charge in [0.2, 0.25) is 6.33 Å². The lowest BCUT2D eigenvalue weighted by molar-refractivity contribution is -0.688. The van der Waals surface area contributed by atoms with E-state index >= 15 is 0 Å². The Balaban J connectivity index is 1.72. The fourth-order valence-electron chi connectivity index (χ4n) is 3.26. The van der Waals surface area contributed by atoms with E-state index in [9.17, 15) is 4.79 Å². The molecule has 1 fully saturated rings. The molecule has 2 atom stereocenters. The summed E-state index contributed by atoms with van der Waals surface area (Å²) in [6.07, 6.45) is 10.7. The number of nitrogens with zero attached hydrogens (tertiary/aromatic N) is 2. The van der Waals surface area contributed by atoms with Gasteiger partial charge in [0, 0.05) is 6.92 Å². The fraction of sp³-hybridized carbons (Fsp3) is 0.444. The minimum Gasteiger partial charge on any atom is -0.458 e. The molecule has 0 spiro atoms. The molecule has 1 aromatic carbocycles. The maximum absolute atomic E-state index is 11.3. The van der Waals surface area contributed by atoms with Gasteiger partial charge < -0.3 is 4.74 Å². The van der Waals surface area contributed by atoms with Gasteiger partial charge in [0.05, 0.1) is 0 Å². The van der Waals surface area contributed by atoms with E-state index in [2.05, 4.69) is 52.1 Å². The first kappa shape index (κ1) is 14.8. The van der Waals surface area contributed by atoms with Crippen molar-refractivity contribution in [3.05, 3.63) is 54.6 Å². The van der Waals surface area contributed by atoms with Crippen LogP contribution in [0.2, 0.25) is 0 Å². The average molecular weight is 299 g/mol. The van der Waals surface area contributed by atoms with Crippen molar-refractivity contribution >= 4 is 5.97 Å².